The normalized spacial score (nSPS) is 9.47. The van der Waals surface area contributed by atoms with Crippen molar-refractivity contribution in [2.24, 2.45) is 0 Å². The molecule has 0 aliphatic heterocycles. The zero-order chi connectivity index (χ0) is 12.3. The van der Waals surface area contributed by atoms with Crippen LogP contribution in [0, 0.1) is 18.8 Å². The Morgan fingerprint density at radius 2 is 2.24 bits per heavy atom. The molecule has 0 atom stereocenters. The van der Waals surface area contributed by atoms with E-state index >= 15 is 0 Å². The quantitative estimate of drug-likeness (QED) is 0.779. The highest BCUT2D eigenvalue weighted by Crippen LogP contribution is 2.07. The van der Waals surface area contributed by atoms with Crippen molar-refractivity contribution in [2.75, 3.05) is 0 Å². The molecular weight excluding hydrogens is 236 g/mol. The van der Waals surface area contributed by atoms with E-state index in [0.717, 1.165) is 5.01 Å². The van der Waals surface area contributed by atoms with E-state index in [4.69, 9.17) is 5.11 Å². The van der Waals surface area contributed by atoms with Gasteiger partial charge in [0.25, 0.3) is 0 Å². The van der Waals surface area contributed by atoms with E-state index in [9.17, 15) is 4.79 Å². The number of aromatic carboxylic acids is 1. The van der Waals surface area contributed by atoms with Gasteiger partial charge in [-0.2, -0.15) is 0 Å². The van der Waals surface area contributed by atoms with Crippen LogP contribution in [-0.4, -0.2) is 21.0 Å². The number of aryl methyl sites for hydroxylation is 1. The third-order valence-corrected chi connectivity index (χ3v) is 2.71. The SMILES string of the molecule is Cc1nc(C#Cc2cncc(C(=O)O)c2)cs1. The minimum Gasteiger partial charge on any atom is -0.478 e. The summed E-state index contributed by atoms with van der Waals surface area (Å²) >= 11 is 1.52. The number of carboxylic acids is 1. The number of nitrogens with zero attached hydrogens (tertiary/aromatic N) is 2. The fraction of sp³-hybridized carbons (Fsp3) is 0.0833. The Kier molecular flexibility index (Phi) is 3.17. The van der Waals surface area contributed by atoms with Gasteiger partial charge in [-0.05, 0) is 18.9 Å². The highest BCUT2D eigenvalue weighted by molar-refractivity contribution is 7.09. The Hall–Kier alpha value is -2.19. The van der Waals surface area contributed by atoms with Crippen LogP contribution in [-0.2, 0) is 0 Å². The first-order valence-corrected chi connectivity index (χ1v) is 5.65. The minimum absolute atomic E-state index is 0.131. The third-order valence-electron chi connectivity index (χ3n) is 1.94. The smallest absolute Gasteiger partial charge is 0.337 e. The first-order valence-electron chi connectivity index (χ1n) is 4.77. The molecule has 0 saturated heterocycles. The van der Waals surface area contributed by atoms with Gasteiger partial charge in [-0.3, -0.25) is 4.98 Å². The molecule has 84 valence electrons. The van der Waals surface area contributed by atoms with Crippen LogP contribution in [0.5, 0.6) is 0 Å². The van der Waals surface area contributed by atoms with Gasteiger partial charge in [-0.1, -0.05) is 5.92 Å². The Balaban J connectivity index is 2.27. The maximum atomic E-state index is 10.7. The summed E-state index contributed by atoms with van der Waals surface area (Å²) in [5.74, 6) is 4.69. The topological polar surface area (TPSA) is 63.1 Å². The van der Waals surface area contributed by atoms with E-state index in [1.54, 1.807) is 0 Å². The second-order valence-electron chi connectivity index (χ2n) is 3.27. The molecule has 0 aromatic carbocycles. The molecule has 0 unspecified atom stereocenters. The Morgan fingerprint density at radius 3 is 2.88 bits per heavy atom. The molecule has 1 N–H and O–H groups in total. The molecule has 0 spiro atoms. The summed E-state index contributed by atoms with van der Waals surface area (Å²) in [6, 6.07) is 1.49. The maximum absolute atomic E-state index is 10.7. The zero-order valence-corrected chi connectivity index (χ0v) is 9.78. The van der Waals surface area contributed by atoms with Crippen molar-refractivity contribution in [1.29, 1.82) is 0 Å². The van der Waals surface area contributed by atoms with Crippen molar-refractivity contribution >= 4 is 17.3 Å². The Morgan fingerprint density at radius 1 is 1.41 bits per heavy atom. The lowest BCUT2D eigenvalue weighted by Crippen LogP contribution is -1.97. The molecular formula is C12H8N2O2S. The summed E-state index contributed by atoms with van der Waals surface area (Å²) in [5, 5.41) is 11.6. The number of rotatable bonds is 1. The van der Waals surface area contributed by atoms with Gasteiger partial charge in [0.05, 0.1) is 10.6 Å². The number of carbonyl (C=O) groups is 1. The summed E-state index contributed by atoms with van der Waals surface area (Å²) in [4.78, 5) is 18.7. The number of hydrogen-bond donors (Lipinski definition) is 1. The monoisotopic (exact) mass is 244 g/mol. The lowest BCUT2D eigenvalue weighted by molar-refractivity contribution is 0.0696. The van der Waals surface area contributed by atoms with E-state index in [1.165, 1.54) is 29.8 Å². The van der Waals surface area contributed by atoms with Gasteiger partial charge < -0.3 is 5.11 Å². The summed E-state index contributed by atoms with van der Waals surface area (Å²) in [6.45, 7) is 1.91. The molecule has 0 bridgehead atoms. The molecule has 2 aromatic heterocycles. The highest BCUT2D eigenvalue weighted by atomic mass is 32.1. The van der Waals surface area contributed by atoms with Gasteiger partial charge in [-0.15, -0.1) is 11.3 Å². The summed E-state index contributed by atoms with van der Waals surface area (Å²) in [7, 11) is 0. The van der Waals surface area contributed by atoms with Gasteiger partial charge in [0.1, 0.15) is 5.69 Å². The van der Waals surface area contributed by atoms with Crippen LogP contribution in [0.25, 0.3) is 0 Å². The lowest BCUT2D eigenvalue weighted by atomic mass is 10.2. The van der Waals surface area contributed by atoms with Crippen LogP contribution in [0.4, 0.5) is 0 Å². The van der Waals surface area contributed by atoms with E-state index < -0.39 is 5.97 Å². The van der Waals surface area contributed by atoms with Crippen LogP contribution in [0.2, 0.25) is 0 Å². The molecule has 0 amide bonds. The van der Waals surface area contributed by atoms with Crippen LogP contribution in [0.1, 0.15) is 26.6 Å². The van der Waals surface area contributed by atoms with Crippen LogP contribution in [0.3, 0.4) is 0 Å². The molecule has 2 rings (SSSR count). The maximum Gasteiger partial charge on any atom is 0.337 e. The predicted molar refractivity (Wildman–Crippen MR) is 64.0 cm³/mol. The summed E-state index contributed by atoms with van der Waals surface area (Å²) in [5.41, 5.74) is 1.38. The van der Waals surface area contributed by atoms with Crippen LogP contribution in [0.15, 0.2) is 23.8 Å². The standard InChI is InChI=1S/C12H8N2O2S/c1-8-14-11(7-17-8)3-2-9-4-10(12(15)16)6-13-5-9/h4-7H,1H3,(H,15,16). The van der Waals surface area contributed by atoms with Gasteiger partial charge in [0.2, 0.25) is 0 Å². The van der Waals surface area contributed by atoms with E-state index in [-0.39, 0.29) is 5.56 Å². The number of thiazole rings is 1. The first kappa shape index (κ1) is 11.3. The van der Waals surface area contributed by atoms with Gasteiger partial charge in [-0.25, -0.2) is 9.78 Å². The number of hydrogen-bond acceptors (Lipinski definition) is 4. The van der Waals surface area contributed by atoms with Crippen LogP contribution >= 0.6 is 11.3 Å². The predicted octanol–water partition coefficient (Wildman–Crippen LogP) is 1.94. The van der Waals surface area contributed by atoms with Gasteiger partial charge in [0.15, 0.2) is 0 Å². The van der Waals surface area contributed by atoms with Crippen molar-refractivity contribution < 1.29 is 9.90 Å². The number of aromatic nitrogens is 2. The largest absolute Gasteiger partial charge is 0.478 e. The molecule has 0 fully saturated rings. The second-order valence-corrected chi connectivity index (χ2v) is 4.33. The highest BCUT2D eigenvalue weighted by Gasteiger charge is 2.02. The third kappa shape index (κ3) is 2.89. The van der Waals surface area contributed by atoms with E-state index in [1.807, 2.05) is 12.3 Å². The molecule has 0 radical (unpaired) electrons. The van der Waals surface area contributed by atoms with Crippen molar-refractivity contribution in [3.8, 4) is 11.8 Å². The van der Waals surface area contributed by atoms with Gasteiger partial charge >= 0.3 is 5.97 Å². The summed E-state index contributed by atoms with van der Waals surface area (Å²) in [6.07, 6.45) is 2.82. The van der Waals surface area contributed by atoms with Crippen molar-refractivity contribution in [2.45, 2.75) is 6.92 Å². The zero-order valence-electron chi connectivity index (χ0n) is 8.97. The fourth-order valence-corrected chi connectivity index (χ4v) is 1.73. The Bertz CT molecular complexity index is 623. The first-order chi connectivity index (χ1) is 8.15. The van der Waals surface area contributed by atoms with Crippen molar-refractivity contribution in [3.05, 3.63) is 45.7 Å². The molecule has 0 aliphatic carbocycles. The molecule has 2 aromatic rings. The second kappa shape index (κ2) is 4.76. The minimum atomic E-state index is -1.01. The lowest BCUT2D eigenvalue weighted by Gasteiger charge is -1.93. The number of pyridine rings is 1. The average Bonchev–Trinajstić information content (AvgIpc) is 2.73. The molecule has 0 aliphatic rings. The Labute approximate surface area is 102 Å². The van der Waals surface area contributed by atoms with E-state index in [2.05, 4.69) is 21.8 Å². The van der Waals surface area contributed by atoms with Crippen LogP contribution < -0.4 is 0 Å². The average molecular weight is 244 g/mol. The van der Waals surface area contributed by atoms with Crippen molar-refractivity contribution in [1.82, 2.24) is 9.97 Å². The summed E-state index contributed by atoms with van der Waals surface area (Å²) < 4.78 is 0. The van der Waals surface area contributed by atoms with E-state index in [0.29, 0.717) is 11.3 Å². The molecule has 4 nitrogen and oxygen atoms in total. The fourth-order valence-electron chi connectivity index (χ4n) is 1.18. The molecule has 17 heavy (non-hydrogen) atoms. The van der Waals surface area contributed by atoms with Gasteiger partial charge in [0, 0.05) is 23.3 Å². The number of carboxylic acid groups (broad SMARTS) is 1. The molecule has 2 heterocycles. The molecule has 5 heteroatoms. The molecule has 0 saturated carbocycles. The van der Waals surface area contributed by atoms with Crippen molar-refractivity contribution in [3.63, 3.8) is 0 Å².